The second-order valence-electron chi connectivity index (χ2n) is 11.7. The Labute approximate surface area is 259 Å². The third-order valence-electron chi connectivity index (χ3n) is 7.96. The third kappa shape index (κ3) is 6.53. The van der Waals surface area contributed by atoms with Gasteiger partial charge in [0.1, 0.15) is 5.76 Å². The van der Waals surface area contributed by atoms with Gasteiger partial charge < -0.3 is 9.52 Å². The van der Waals surface area contributed by atoms with Crippen molar-refractivity contribution >= 4 is 26.8 Å². The number of carboxylic acids is 1. The molecule has 0 amide bonds. The molecule has 1 N–H and O–H groups in total. The van der Waals surface area contributed by atoms with Crippen LogP contribution in [0.4, 0.5) is 13.2 Å². The van der Waals surface area contributed by atoms with Crippen molar-refractivity contribution in [3.63, 3.8) is 0 Å². The number of nitrogens with zero attached hydrogens (tertiary/aromatic N) is 1. The van der Waals surface area contributed by atoms with E-state index < -0.39 is 39.9 Å². The zero-order chi connectivity index (χ0) is 32.7. The molecule has 10 heteroatoms. The van der Waals surface area contributed by atoms with Crippen LogP contribution in [0.15, 0.2) is 100 Å². The van der Waals surface area contributed by atoms with Gasteiger partial charge in [-0.05, 0) is 73.0 Å². The Hall–Kier alpha value is -4.41. The number of alkyl halides is 3. The van der Waals surface area contributed by atoms with E-state index in [0.717, 1.165) is 38.5 Å². The van der Waals surface area contributed by atoms with Crippen molar-refractivity contribution in [3.8, 4) is 11.1 Å². The second-order valence-corrected chi connectivity index (χ2v) is 13.6. The van der Waals surface area contributed by atoms with E-state index in [2.05, 4.69) is 0 Å². The van der Waals surface area contributed by atoms with Gasteiger partial charge in [0.25, 0.3) is 0 Å². The van der Waals surface area contributed by atoms with Crippen LogP contribution in [-0.4, -0.2) is 23.8 Å². The molecule has 0 aliphatic carbocycles. The molecular weight excluding hydrogens is 603 g/mol. The molecule has 0 aliphatic rings. The van der Waals surface area contributed by atoms with Gasteiger partial charge in [-0.3, -0.25) is 4.79 Å². The lowest BCUT2D eigenvalue weighted by Crippen LogP contribution is -2.31. The van der Waals surface area contributed by atoms with Crippen molar-refractivity contribution in [2.75, 3.05) is 0 Å². The number of hydrogen-bond acceptors (Lipinski definition) is 4. The summed E-state index contributed by atoms with van der Waals surface area (Å²) in [4.78, 5) is 11.9. The number of fused-ring (bicyclic) bond motifs is 1. The molecule has 0 saturated heterocycles. The topological polar surface area (TPSA) is 87.8 Å². The van der Waals surface area contributed by atoms with Crippen molar-refractivity contribution in [3.05, 3.63) is 125 Å². The Morgan fingerprint density at radius 3 is 2.20 bits per heavy atom. The van der Waals surface area contributed by atoms with Gasteiger partial charge in [-0.2, -0.15) is 17.5 Å². The predicted octanol–water partition coefficient (Wildman–Crippen LogP) is 8.49. The molecule has 4 aromatic carbocycles. The maximum absolute atomic E-state index is 14.4. The summed E-state index contributed by atoms with van der Waals surface area (Å²) in [6.07, 6.45) is -4.71. The lowest BCUT2D eigenvalue weighted by atomic mass is 9.83. The first-order chi connectivity index (χ1) is 21.1. The molecule has 0 spiro atoms. The minimum absolute atomic E-state index is 0.0806. The Bertz CT molecular complexity index is 1990. The normalized spacial score (nSPS) is 12.6. The van der Waals surface area contributed by atoms with Gasteiger partial charge in [-0.15, -0.1) is 0 Å². The monoisotopic (exact) mass is 635 g/mol. The van der Waals surface area contributed by atoms with Crippen LogP contribution in [0.5, 0.6) is 0 Å². The number of rotatable bonds is 9. The summed E-state index contributed by atoms with van der Waals surface area (Å²) < 4.78 is 74.8. The standard InChI is InChI=1S/C35H32F3NO5S/c1-22-8-16-30-27(18-22)12-9-23(2)32(30)45(42,43)39(21-29-15-17-31(44-29)35(36,37)38)20-24-10-13-25(14-11-24)26-6-5-7-28(19-26)34(3,4)33(40)41/h5-19H,20-21H2,1-4H3,(H,40,41). The fourth-order valence-corrected chi connectivity index (χ4v) is 7.05. The highest BCUT2D eigenvalue weighted by Crippen LogP contribution is 2.35. The van der Waals surface area contributed by atoms with Gasteiger partial charge in [0.15, 0.2) is 0 Å². The molecule has 1 aromatic heterocycles. The Balaban J connectivity index is 1.53. The zero-order valence-electron chi connectivity index (χ0n) is 25.1. The molecule has 0 bridgehead atoms. The van der Waals surface area contributed by atoms with Crippen molar-refractivity contribution in [1.82, 2.24) is 4.31 Å². The number of carboxylic acid groups (broad SMARTS) is 1. The van der Waals surface area contributed by atoms with Crippen LogP contribution in [-0.2, 0) is 39.5 Å². The van der Waals surface area contributed by atoms with Crippen molar-refractivity contribution < 1.29 is 35.9 Å². The fraction of sp³-hybridized carbons (Fsp3) is 0.229. The summed E-state index contributed by atoms with van der Waals surface area (Å²) in [7, 11) is -4.25. The number of aliphatic carboxylic acids is 1. The SMILES string of the molecule is Cc1ccc2c(S(=O)(=O)N(Cc3ccc(-c4cccc(C(C)(C)C(=O)O)c4)cc3)Cc3ccc(C(F)(F)F)o3)c(C)ccc2c1. The van der Waals surface area contributed by atoms with Crippen molar-refractivity contribution in [2.45, 2.75) is 57.3 Å². The van der Waals surface area contributed by atoms with E-state index in [1.807, 2.05) is 31.2 Å². The van der Waals surface area contributed by atoms with Crippen LogP contribution in [0.2, 0.25) is 0 Å². The number of benzene rings is 4. The predicted molar refractivity (Wildman–Crippen MR) is 166 cm³/mol. The first kappa shape index (κ1) is 32.0. The van der Waals surface area contributed by atoms with Crippen LogP contribution >= 0.6 is 0 Å². The molecule has 0 radical (unpaired) electrons. The van der Waals surface area contributed by atoms with E-state index in [-0.39, 0.29) is 17.2 Å². The summed E-state index contributed by atoms with van der Waals surface area (Å²) in [5.41, 5.74) is 3.17. The maximum Gasteiger partial charge on any atom is 0.449 e. The van der Waals surface area contributed by atoms with E-state index in [0.29, 0.717) is 22.1 Å². The Morgan fingerprint density at radius 1 is 0.844 bits per heavy atom. The molecule has 1 heterocycles. The second kappa shape index (κ2) is 11.8. The van der Waals surface area contributed by atoms with Gasteiger partial charge in [0.2, 0.25) is 15.8 Å². The molecule has 6 nitrogen and oxygen atoms in total. The van der Waals surface area contributed by atoms with E-state index in [1.54, 1.807) is 75.4 Å². The van der Waals surface area contributed by atoms with E-state index >= 15 is 0 Å². The lowest BCUT2D eigenvalue weighted by Gasteiger charge is -2.24. The number of carbonyl (C=O) groups is 1. The van der Waals surface area contributed by atoms with Gasteiger partial charge >= 0.3 is 12.1 Å². The summed E-state index contributed by atoms with van der Waals surface area (Å²) in [5.74, 6) is -2.30. The van der Waals surface area contributed by atoms with E-state index in [4.69, 9.17) is 4.42 Å². The molecule has 234 valence electrons. The summed E-state index contributed by atoms with van der Waals surface area (Å²) >= 11 is 0. The molecule has 0 saturated carbocycles. The minimum atomic E-state index is -4.71. The van der Waals surface area contributed by atoms with Crippen molar-refractivity contribution in [1.29, 1.82) is 0 Å². The number of aryl methyl sites for hydroxylation is 2. The highest BCUT2D eigenvalue weighted by Gasteiger charge is 2.36. The molecule has 5 rings (SSSR count). The fourth-order valence-electron chi connectivity index (χ4n) is 5.23. The Morgan fingerprint density at radius 2 is 1.56 bits per heavy atom. The van der Waals surface area contributed by atoms with Crippen LogP contribution < -0.4 is 0 Å². The molecule has 45 heavy (non-hydrogen) atoms. The van der Waals surface area contributed by atoms with Crippen LogP contribution in [0, 0.1) is 13.8 Å². The molecule has 0 fully saturated rings. The highest BCUT2D eigenvalue weighted by molar-refractivity contribution is 7.89. The largest absolute Gasteiger partial charge is 0.481 e. The average molecular weight is 636 g/mol. The van der Waals surface area contributed by atoms with Gasteiger partial charge in [0, 0.05) is 11.9 Å². The Kier molecular flexibility index (Phi) is 8.41. The van der Waals surface area contributed by atoms with Gasteiger partial charge in [-0.1, -0.05) is 84.4 Å². The lowest BCUT2D eigenvalue weighted by molar-refractivity contribution is -0.153. The van der Waals surface area contributed by atoms with E-state index in [1.165, 1.54) is 0 Å². The molecule has 5 aromatic rings. The minimum Gasteiger partial charge on any atom is -0.481 e. The highest BCUT2D eigenvalue weighted by atomic mass is 32.2. The summed E-state index contributed by atoms with van der Waals surface area (Å²) in [5, 5.41) is 10.9. The van der Waals surface area contributed by atoms with Gasteiger partial charge in [0.05, 0.1) is 16.9 Å². The average Bonchev–Trinajstić information content (AvgIpc) is 3.47. The number of sulfonamides is 1. The van der Waals surface area contributed by atoms with Crippen LogP contribution in [0.1, 0.15) is 47.6 Å². The molecule has 0 aliphatic heterocycles. The molecule has 0 atom stereocenters. The first-order valence-corrected chi connectivity index (χ1v) is 15.6. The molecular formula is C35H32F3NO5S. The van der Waals surface area contributed by atoms with Crippen LogP contribution in [0.3, 0.4) is 0 Å². The molecule has 0 unspecified atom stereocenters. The van der Waals surface area contributed by atoms with Gasteiger partial charge in [-0.25, -0.2) is 8.42 Å². The number of hydrogen-bond donors (Lipinski definition) is 1. The third-order valence-corrected chi connectivity index (χ3v) is 9.95. The smallest absolute Gasteiger partial charge is 0.449 e. The van der Waals surface area contributed by atoms with Crippen molar-refractivity contribution in [2.24, 2.45) is 0 Å². The maximum atomic E-state index is 14.4. The van der Waals surface area contributed by atoms with E-state index in [9.17, 15) is 31.5 Å². The number of furan rings is 1. The summed E-state index contributed by atoms with van der Waals surface area (Å²) in [6, 6.07) is 25.2. The summed E-state index contributed by atoms with van der Waals surface area (Å²) in [6.45, 7) is 6.28. The quantitative estimate of drug-likeness (QED) is 0.176. The first-order valence-electron chi connectivity index (χ1n) is 14.2. The van der Waals surface area contributed by atoms with Crippen LogP contribution in [0.25, 0.3) is 21.9 Å². The zero-order valence-corrected chi connectivity index (χ0v) is 26.0. The number of halogens is 3.